The summed E-state index contributed by atoms with van der Waals surface area (Å²) in [6.45, 7) is 3.29. The molecule has 0 saturated carbocycles. The second kappa shape index (κ2) is 7.36. The molecular formula is C23H23N5O. The molecule has 0 radical (unpaired) electrons. The van der Waals surface area contributed by atoms with Gasteiger partial charge in [-0.15, -0.1) is 0 Å². The largest absolute Gasteiger partial charge is 0.392 e. The molecule has 0 amide bonds. The number of hydrogen-bond donors (Lipinski definition) is 3. The van der Waals surface area contributed by atoms with E-state index in [2.05, 4.69) is 56.6 Å². The minimum atomic E-state index is -0.195. The number of fused-ring (bicyclic) bond motifs is 3. The summed E-state index contributed by atoms with van der Waals surface area (Å²) in [5.74, 6) is 0. The average Bonchev–Trinajstić information content (AvgIpc) is 3.11. The molecule has 1 fully saturated rings. The van der Waals surface area contributed by atoms with Crippen LogP contribution in [0.3, 0.4) is 0 Å². The lowest BCUT2D eigenvalue weighted by molar-refractivity contribution is 0.0668. The Balaban J connectivity index is 1.41. The summed E-state index contributed by atoms with van der Waals surface area (Å²) >= 11 is 0. The molecule has 6 nitrogen and oxygen atoms in total. The van der Waals surface area contributed by atoms with E-state index in [0.29, 0.717) is 12.2 Å². The Morgan fingerprint density at radius 1 is 1.24 bits per heavy atom. The molecule has 0 spiro atoms. The molecule has 29 heavy (non-hydrogen) atoms. The molecule has 2 aliphatic rings. The lowest BCUT2D eigenvalue weighted by Crippen LogP contribution is -2.37. The number of piperidine rings is 1. The maximum absolute atomic E-state index is 9.86. The highest BCUT2D eigenvalue weighted by Crippen LogP contribution is 2.30. The first-order valence-electron chi connectivity index (χ1n) is 10.1. The molecule has 5 rings (SSSR count). The summed E-state index contributed by atoms with van der Waals surface area (Å²) in [4.78, 5) is 10.3. The summed E-state index contributed by atoms with van der Waals surface area (Å²) in [6.07, 6.45) is 5.55. The van der Waals surface area contributed by atoms with Crippen LogP contribution in [0.1, 0.15) is 29.7 Å². The molecule has 1 atom stereocenters. The number of H-pyrrole nitrogens is 1. The predicted molar refractivity (Wildman–Crippen MR) is 112 cm³/mol. The number of β-amino-alcohol motifs (C(OH)–C–C–N with tert-alkyl or cyclic N) is 1. The van der Waals surface area contributed by atoms with Crippen molar-refractivity contribution in [3.63, 3.8) is 0 Å². The minimum Gasteiger partial charge on any atom is -0.392 e. The SMILES string of the molecule is N#CC1=Cc2c([nH]c3ncc(-c4ccc(CN5CCCC(O)C5)cc4)cc23)CN1. The van der Waals surface area contributed by atoms with Gasteiger partial charge in [0.25, 0.3) is 0 Å². The summed E-state index contributed by atoms with van der Waals surface area (Å²) < 4.78 is 0. The van der Waals surface area contributed by atoms with Gasteiger partial charge >= 0.3 is 0 Å². The highest BCUT2D eigenvalue weighted by molar-refractivity contribution is 5.92. The molecule has 2 aliphatic heterocycles. The Bertz CT molecular complexity index is 1120. The number of aliphatic hydroxyl groups excluding tert-OH is 1. The van der Waals surface area contributed by atoms with E-state index in [1.165, 1.54) is 5.56 Å². The Labute approximate surface area is 169 Å². The van der Waals surface area contributed by atoms with Crippen molar-refractivity contribution in [1.82, 2.24) is 20.2 Å². The topological polar surface area (TPSA) is 88.0 Å². The van der Waals surface area contributed by atoms with Gasteiger partial charge in [0.05, 0.1) is 12.6 Å². The van der Waals surface area contributed by atoms with Crippen LogP contribution in [0.5, 0.6) is 0 Å². The zero-order valence-corrected chi connectivity index (χ0v) is 16.2. The molecule has 146 valence electrons. The fourth-order valence-electron chi connectivity index (χ4n) is 4.29. The second-order valence-corrected chi connectivity index (χ2v) is 7.89. The van der Waals surface area contributed by atoms with Gasteiger partial charge in [-0.05, 0) is 42.7 Å². The first kappa shape index (κ1) is 17.9. The van der Waals surface area contributed by atoms with Gasteiger partial charge in [-0.25, -0.2) is 4.98 Å². The smallest absolute Gasteiger partial charge is 0.138 e. The fraction of sp³-hybridized carbons (Fsp3) is 0.304. The monoisotopic (exact) mass is 385 g/mol. The van der Waals surface area contributed by atoms with Crippen molar-refractivity contribution in [1.29, 1.82) is 5.26 Å². The lowest BCUT2D eigenvalue weighted by atomic mass is 10.0. The Morgan fingerprint density at radius 3 is 2.90 bits per heavy atom. The van der Waals surface area contributed by atoms with Crippen LogP contribution < -0.4 is 5.32 Å². The molecule has 1 aromatic carbocycles. The number of hydrogen-bond acceptors (Lipinski definition) is 5. The average molecular weight is 385 g/mol. The highest BCUT2D eigenvalue weighted by atomic mass is 16.3. The molecule has 1 unspecified atom stereocenters. The number of benzene rings is 1. The number of nitrogens with one attached hydrogen (secondary N) is 2. The van der Waals surface area contributed by atoms with E-state index in [9.17, 15) is 10.4 Å². The van der Waals surface area contributed by atoms with E-state index in [1.807, 2.05) is 12.3 Å². The zero-order valence-electron chi connectivity index (χ0n) is 16.2. The number of likely N-dealkylation sites (tertiary alicyclic amines) is 1. The molecular weight excluding hydrogens is 362 g/mol. The normalized spacial score (nSPS) is 19.3. The van der Waals surface area contributed by atoms with Crippen LogP contribution in [-0.4, -0.2) is 39.2 Å². The van der Waals surface area contributed by atoms with Gasteiger partial charge in [0.15, 0.2) is 0 Å². The van der Waals surface area contributed by atoms with E-state index in [1.54, 1.807) is 0 Å². The van der Waals surface area contributed by atoms with Gasteiger partial charge < -0.3 is 15.4 Å². The number of pyridine rings is 1. The first-order chi connectivity index (χ1) is 14.2. The quantitative estimate of drug-likeness (QED) is 0.645. The summed E-state index contributed by atoms with van der Waals surface area (Å²) in [7, 11) is 0. The Morgan fingerprint density at radius 2 is 2.10 bits per heavy atom. The van der Waals surface area contributed by atoms with E-state index in [4.69, 9.17) is 0 Å². The van der Waals surface area contributed by atoms with Crippen molar-refractivity contribution in [3.05, 3.63) is 59.0 Å². The molecule has 3 N–H and O–H groups in total. The maximum Gasteiger partial charge on any atom is 0.138 e. The number of aromatic amines is 1. The van der Waals surface area contributed by atoms with Gasteiger partial charge in [-0.1, -0.05) is 24.3 Å². The third-order valence-corrected chi connectivity index (χ3v) is 5.81. The molecule has 0 bridgehead atoms. The Kier molecular flexibility index (Phi) is 4.55. The van der Waals surface area contributed by atoms with Crippen molar-refractivity contribution in [2.75, 3.05) is 13.1 Å². The molecule has 4 heterocycles. The summed E-state index contributed by atoms with van der Waals surface area (Å²) in [5.41, 5.74) is 6.96. The van der Waals surface area contributed by atoms with Crippen molar-refractivity contribution in [2.45, 2.75) is 32.0 Å². The third-order valence-electron chi connectivity index (χ3n) is 5.81. The number of nitrogens with zero attached hydrogens (tertiary/aromatic N) is 3. The standard InChI is InChI=1S/C23H23N5O/c24-10-18-9-20-21-8-17(11-26-23(21)27-22(20)12-25-18)16-5-3-15(4-6-16)13-28-7-1-2-19(29)14-28/h3-6,8-9,11,19,25,29H,1-2,7,12-14H2,(H,26,27). The zero-order chi connectivity index (χ0) is 19.8. The van der Waals surface area contributed by atoms with Crippen LogP contribution in [0.2, 0.25) is 0 Å². The van der Waals surface area contributed by atoms with Crippen LogP contribution in [-0.2, 0) is 13.1 Å². The third kappa shape index (κ3) is 3.51. The summed E-state index contributed by atoms with van der Waals surface area (Å²) in [5, 5.41) is 23.2. The van der Waals surface area contributed by atoms with Gasteiger partial charge in [0.2, 0.25) is 0 Å². The van der Waals surface area contributed by atoms with Crippen LogP contribution in [0.15, 0.2) is 42.2 Å². The van der Waals surface area contributed by atoms with Crippen LogP contribution in [0.4, 0.5) is 0 Å². The van der Waals surface area contributed by atoms with Gasteiger partial charge in [-0.3, -0.25) is 4.90 Å². The van der Waals surface area contributed by atoms with Gasteiger partial charge in [0, 0.05) is 41.5 Å². The summed E-state index contributed by atoms with van der Waals surface area (Å²) in [6, 6.07) is 12.9. The minimum absolute atomic E-state index is 0.195. The van der Waals surface area contributed by atoms with Crippen molar-refractivity contribution < 1.29 is 5.11 Å². The van der Waals surface area contributed by atoms with E-state index < -0.39 is 0 Å². The fourth-order valence-corrected chi connectivity index (χ4v) is 4.29. The first-order valence-corrected chi connectivity index (χ1v) is 10.1. The molecule has 1 saturated heterocycles. The molecule has 3 aromatic rings. The van der Waals surface area contributed by atoms with E-state index in [-0.39, 0.29) is 6.10 Å². The van der Waals surface area contributed by atoms with Crippen LogP contribution >= 0.6 is 0 Å². The van der Waals surface area contributed by atoms with Crippen molar-refractivity contribution in [2.24, 2.45) is 0 Å². The second-order valence-electron chi connectivity index (χ2n) is 7.89. The van der Waals surface area contributed by atoms with Gasteiger partial charge in [0.1, 0.15) is 17.4 Å². The van der Waals surface area contributed by atoms with E-state index in [0.717, 1.165) is 65.9 Å². The molecule has 0 aliphatic carbocycles. The lowest BCUT2D eigenvalue weighted by Gasteiger charge is -2.29. The molecule has 2 aromatic heterocycles. The maximum atomic E-state index is 9.86. The van der Waals surface area contributed by atoms with Crippen molar-refractivity contribution in [3.8, 4) is 17.2 Å². The number of aromatic nitrogens is 2. The van der Waals surface area contributed by atoms with Crippen LogP contribution in [0, 0.1) is 11.3 Å². The van der Waals surface area contributed by atoms with E-state index >= 15 is 0 Å². The van der Waals surface area contributed by atoms with Gasteiger partial charge in [-0.2, -0.15) is 5.26 Å². The number of aliphatic hydroxyl groups is 1. The van der Waals surface area contributed by atoms with Crippen molar-refractivity contribution >= 4 is 17.1 Å². The number of nitriles is 1. The predicted octanol–water partition coefficient (Wildman–Crippen LogP) is 3.15. The Hall–Kier alpha value is -3.14. The van der Waals surface area contributed by atoms with Crippen LogP contribution in [0.25, 0.3) is 28.2 Å². The number of rotatable bonds is 3. The highest BCUT2D eigenvalue weighted by Gasteiger charge is 2.18. The number of allylic oxidation sites excluding steroid dienone is 1. The molecule has 6 heteroatoms.